The Labute approximate surface area is 248 Å². The number of fused-ring (bicyclic) bond motifs is 3. The van der Waals surface area contributed by atoms with Gasteiger partial charge in [0.1, 0.15) is 0 Å². The Morgan fingerprint density at radius 1 is 0.571 bits per heavy atom. The molecule has 6 aromatic rings. The molecule has 0 aliphatic heterocycles. The van der Waals surface area contributed by atoms with Gasteiger partial charge < -0.3 is 4.57 Å². The van der Waals surface area contributed by atoms with Gasteiger partial charge >= 0.3 is 0 Å². The van der Waals surface area contributed by atoms with Crippen molar-refractivity contribution in [3.8, 4) is 27.9 Å². The van der Waals surface area contributed by atoms with E-state index in [-0.39, 0.29) is 0 Å². The fourth-order valence-electron chi connectivity index (χ4n) is 9.68. The fourth-order valence-corrected chi connectivity index (χ4v) is 9.68. The molecule has 4 aliphatic rings. The maximum atomic E-state index is 2.48. The zero-order valence-electron chi connectivity index (χ0n) is 24.4. The minimum atomic E-state index is 0.450. The number of aromatic nitrogens is 1. The van der Waals surface area contributed by atoms with Crippen LogP contribution in [0.2, 0.25) is 0 Å². The van der Waals surface area contributed by atoms with Gasteiger partial charge in [0.2, 0.25) is 0 Å². The lowest BCUT2D eigenvalue weighted by Crippen LogP contribution is -2.48. The summed E-state index contributed by atoms with van der Waals surface area (Å²) in [6.07, 6.45) is 8.77. The van der Waals surface area contributed by atoms with Gasteiger partial charge in [-0.05, 0) is 121 Å². The van der Waals surface area contributed by atoms with Crippen molar-refractivity contribution in [2.24, 2.45) is 17.8 Å². The third-order valence-corrected chi connectivity index (χ3v) is 11.0. The summed E-state index contributed by atoms with van der Waals surface area (Å²) < 4.78 is 2.45. The zero-order valence-corrected chi connectivity index (χ0v) is 24.4. The lowest BCUT2D eigenvalue weighted by molar-refractivity contribution is -0.00518. The van der Waals surface area contributed by atoms with Crippen LogP contribution in [0.15, 0.2) is 115 Å². The average Bonchev–Trinajstić information content (AvgIpc) is 3.35. The second kappa shape index (κ2) is 9.20. The molecular formula is C41H37N. The molecule has 4 fully saturated rings. The Kier molecular flexibility index (Phi) is 5.37. The largest absolute Gasteiger partial charge is 0.309 e. The molecule has 42 heavy (non-hydrogen) atoms. The van der Waals surface area contributed by atoms with Crippen LogP contribution < -0.4 is 0 Å². The van der Waals surface area contributed by atoms with Gasteiger partial charge in [0.25, 0.3) is 0 Å². The average molecular weight is 544 g/mol. The van der Waals surface area contributed by atoms with Crippen molar-refractivity contribution in [2.45, 2.75) is 50.9 Å². The fraction of sp³-hybridized carbons (Fsp3) is 0.268. The summed E-state index contributed by atoms with van der Waals surface area (Å²) in [6.45, 7) is 2.24. The highest BCUT2D eigenvalue weighted by atomic mass is 15.0. The van der Waals surface area contributed by atoms with E-state index < -0.39 is 0 Å². The molecule has 0 N–H and O–H groups in total. The van der Waals surface area contributed by atoms with Crippen molar-refractivity contribution in [3.05, 3.63) is 126 Å². The predicted molar refractivity (Wildman–Crippen MR) is 176 cm³/mol. The van der Waals surface area contributed by atoms with E-state index >= 15 is 0 Å². The highest BCUT2D eigenvalue weighted by Gasteiger charge is 2.51. The maximum Gasteiger partial charge on any atom is 0.0619 e. The third kappa shape index (κ3) is 3.76. The molecule has 0 spiro atoms. The van der Waals surface area contributed by atoms with Crippen LogP contribution >= 0.6 is 0 Å². The number of rotatable bonds is 4. The molecule has 1 heteroatoms. The normalized spacial score (nSPS) is 24.5. The van der Waals surface area contributed by atoms with Crippen LogP contribution in [0.4, 0.5) is 0 Å². The first-order valence-electron chi connectivity index (χ1n) is 15.9. The number of hydrogen-bond acceptors (Lipinski definition) is 0. The smallest absolute Gasteiger partial charge is 0.0619 e. The summed E-state index contributed by atoms with van der Waals surface area (Å²) in [4.78, 5) is 0. The molecule has 10 rings (SSSR count). The Hall–Kier alpha value is -4.10. The molecule has 0 saturated heterocycles. The standard InChI is InChI=1S/C41H37N/c1-27-18-32(31-14-16-34(17-15-31)41-24-28-20-29(25-41)22-30(21-28)26-41)23-33(19-27)36-11-7-12-38-37-10-5-6-13-39(37)42(40(36)38)35-8-3-2-4-9-35/h2-19,23,28-30H,20-22,24-26H2,1H3. The number of aryl methyl sites for hydroxylation is 1. The summed E-state index contributed by atoms with van der Waals surface area (Å²) in [5.74, 6) is 2.93. The van der Waals surface area contributed by atoms with Gasteiger partial charge in [-0.1, -0.05) is 91.0 Å². The van der Waals surface area contributed by atoms with Gasteiger partial charge in [0, 0.05) is 22.0 Å². The summed E-state index contributed by atoms with van der Waals surface area (Å²) >= 11 is 0. The van der Waals surface area contributed by atoms with Crippen molar-refractivity contribution in [1.82, 2.24) is 4.57 Å². The van der Waals surface area contributed by atoms with E-state index in [1.54, 1.807) is 5.56 Å². The van der Waals surface area contributed by atoms with Crippen LogP contribution in [0.25, 0.3) is 49.7 Å². The maximum absolute atomic E-state index is 2.48. The van der Waals surface area contributed by atoms with E-state index in [9.17, 15) is 0 Å². The van der Waals surface area contributed by atoms with Crippen molar-refractivity contribution in [2.75, 3.05) is 0 Å². The van der Waals surface area contributed by atoms with Crippen LogP contribution in [0.5, 0.6) is 0 Å². The van der Waals surface area contributed by atoms with Gasteiger partial charge in [-0.25, -0.2) is 0 Å². The quantitative estimate of drug-likeness (QED) is 0.208. The molecule has 0 atom stereocenters. The molecule has 0 unspecified atom stereocenters. The zero-order chi connectivity index (χ0) is 27.8. The Bertz CT molecular complexity index is 1920. The Morgan fingerprint density at radius 2 is 1.21 bits per heavy atom. The lowest BCUT2D eigenvalue weighted by Gasteiger charge is -2.57. The number of benzene rings is 5. The van der Waals surface area contributed by atoms with Crippen LogP contribution in [0, 0.1) is 24.7 Å². The topological polar surface area (TPSA) is 4.93 Å². The van der Waals surface area contributed by atoms with E-state index in [2.05, 4.69) is 127 Å². The summed E-state index contributed by atoms with van der Waals surface area (Å²) in [6, 6.07) is 43.3. The van der Waals surface area contributed by atoms with Gasteiger partial charge in [-0.2, -0.15) is 0 Å². The summed E-state index contributed by atoms with van der Waals surface area (Å²) in [7, 11) is 0. The minimum absolute atomic E-state index is 0.450. The molecule has 4 saturated carbocycles. The van der Waals surface area contributed by atoms with Gasteiger partial charge in [0.15, 0.2) is 0 Å². The lowest BCUT2D eigenvalue weighted by atomic mass is 9.48. The molecule has 1 heterocycles. The van der Waals surface area contributed by atoms with Gasteiger partial charge in [0.05, 0.1) is 11.0 Å². The first-order valence-corrected chi connectivity index (χ1v) is 15.9. The second-order valence-electron chi connectivity index (χ2n) is 13.8. The Balaban J connectivity index is 1.16. The number of para-hydroxylation sites is 3. The van der Waals surface area contributed by atoms with E-state index in [4.69, 9.17) is 0 Å². The molecule has 4 bridgehead atoms. The monoisotopic (exact) mass is 543 g/mol. The van der Waals surface area contributed by atoms with Crippen molar-refractivity contribution in [1.29, 1.82) is 0 Å². The van der Waals surface area contributed by atoms with Crippen molar-refractivity contribution < 1.29 is 0 Å². The van der Waals surface area contributed by atoms with Crippen LogP contribution in [-0.2, 0) is 5.41 Å². The molecule has 0 radical (unpaired) electrons. The van der Waals surface area contributed by atoms with Crippen molar-refractivity contribution in [3.63, 3.8) is 0 Å². The van der Waals surface area contributed by atoms with Gasteiger partial charge in [-0.3, -0.25) is 0 Å². The van der Waals surface area contributed by atoms with Crippen molar-refractivity contribution >= 4 is 21.8 Å². The molecule has 1 nitrogen and oxygen atoms in total. The predicted octanol–water partition coefficient (Wildman–Crippen LogP) is 10.9. The van der Waals surface area contributed by atoms with Crippen LogP contribution in [0.3, 0.4) is 0 Å². The number of nitrogens with zero attached hydrogens (tertiary/aromatic N) is 1. The first-order chi connectivity index (χ1) is 20.6. The Morgan fingerprint density at radius 3 is 1.95 bits per heavy atom. The highest BCUT2D eigenvalue weighted by molar-refractivity contribution is 6.13. The molecular weight excluding hydrogens is 506 g/mol. The molecule has 206 valence electrons. The van der Waals surface area contributed by atoms with E-state index in [1.807, 2.05) is 0 Å². The highest BCUT2D eigenvalue weighted by Crippen LogP contribution is 2.60. The van der Waals surface area contributed by atoms with E-state index in [1.165, 1.54) is 93.8 Å². The van der Waals surface area contributed by atoms with Crippen LogP contribution in [0.1, 0.15) is 49.7 Å². The first kappa shape index (κ1) is 24.5. The van der Waals surface area contributed by atoms with Gasteiger partial charge in [-0.15, -0.1) is 0 Å². The molecule has 1 aromatic heterocycles. The SMILES string of the molecule is Cc1cc(-c2ccc(C34CC5CC(CC(C5)C3)C4)cc2)cc(-c2cccc3c4ccccc4n(-c4ccccc4)c23)c1. The third-order valence-electron chi connectivity index (χ3n) is 11.0. The molecule has 5 aromatic carbocycles. The molecule has 4 aliphatic carbocycles. The second-order valence-corrected chi connectivity index (χ2v) is 13.8. The van der Waals surface area contributed by atoms with E-state index in [0.29, 0.717) is 5.41 Å². The minimum Gasteiger partial charge on any atom is -0.309 e. The molecule has 0 amide bonds. The van der Waals surface area contributed by atoms with Crippen LogP contribution in [-0.4, -0.2) is 4.57 Å². The summed E-state index contributed by atoms with van der Waals surface area (Å²) in [5, 5.41) is 2.60. The van der Waals surface area contributed by atoms with E-state index in [0.717, 1.165) is 17.8 Å². The number of hydrogen-bond donors (Lipinski definition) is 0. The summed E-state index contributed by atoms with van der Waals surface area (Å²) in [5.41, 5.74) is 12.3.